The van der Waals surface area contributed by atoms with Crippen molar-refractivity contribution in [1.29, 1.82) is 0 Å². The van der Waals surface area contributed by atoms with Gasteiger partial charge in [0.25, 0.3) is 0 Å². The van der Waals surface area contributed by atoms with Crippen LogP contribution in [0.15, 0.2) is 24.3 Å². The van der Waals surface area contributed by atoms with Crippen molar-refractivity contribution in [3.63, 3.8) is 0 Å². The fourth-order valence-corrected chi connectivity index (χ4v) is 1.52. The molecule has 1 rings (SSSR count). The first-order valence-corrected chi connectivity index (χ1v) is 5.53. The van der Waals surface area contributed by atoms with Crippen molar-refractivity contribution in [1.82, 2.24) is 0 Å². The monoisotopic (exact) mass is 214 g/mol. The summed E-state index contributed by atoms with van der Waals surface area (Å²) in [5.74, 6) is 0. The Kier molecular flexibility index (Phi) is 3.53. The third-order valence-corrected chi connectivity index (χ3v) is 3.60. The predicted molar refractivity (Wildman–Crippen MR) is 60.3 cm³/mol. The van der Waals surface area contributed by atoms with Crippen LogP contribution >= 0.6 is 11.6 Å². The lowest BCUT2D eigenvalue weighted by Crippen LogP contribution is -2.26. The Bertz CT molecular complexity index is 286. The molecule has 0 heterocycles. The van der Waals surface area contributed by atoms with Crippen molar-refractivity contribution >= 4 is 22.1 Å². The van der Waals surface area contributed by atoms with Crippen molar-refractivity contribution in [2.45, 2.75) is 25.9 Å². The maximum atomic E-state index is 6.04. The van der Waals surface area contributed by atoms with Crippen molar-refractivity contribution in [3.05, 3.63) is 34.9 Å². The summed E-state index contributed by atoms with van der Waals surface area (Å²) in [6.45, 7) is 4.17. The first-order chi connectivity index (χ1) is 6.05. The summed E-state index contributed by atoms with van der Waals surface area (Å²) in [5.41, 5.74) is 1.07. The number of rotatable bonds is 3. The number of hydrogen-bond acceptors (Lipinski definition) is 1. The van der Waals surface area contributed by atoms with Gasteiger partial charge in [-0.15, -0.1) is 0 Å². The van der Waals surface area contributed by atoms with Crippen LogP contribution in [-0.4, -0.2) is 16.1 Å². The summed E-state index contributed by atoms with van der Waals surface area (Å²) in [6, 6.07) is 7.91. The molecule has 3 heteroatoms. The molecule has 0 aromatic heterocycles. The molecule has 72 valence electrons. The smallest absolute Gasteiger partial charge is 0.146 e. The molecule has 0 fully saturated rings. The fourth-order valence-electron chi connectivity index (χ4n) is 1.17. The summed E-state index contributed by atoms with van der Waals surface area (Å²) < 4.78 is 5.48. The van der Waals surface area contributed by atoms with Gasteiger partial charge in [-0.1, -0.05) is 29.8 Å². The minimum atomic E-state index is -0.0861. The van der Waals surface area contributed by atoms with Gasteiger partial charge in [-0.2, -0.15) is 0 Å². The normalized spacial score (nSPS) is 11.9. The third-order valence-electron chi connectivity index (χ3n) is 2.13. The Morgan fingerprint density at radius 2 is 2.00 bits per heavy atom. The van der Waals surface area contributed by atoms with E-state index in [0.717, 1.165) is 27.5 Å². The van der Waals surface area contributed by atoms with Crippen molar-refractivity contribution < 1.29 is 4.43 Å². The molecule has 0 unspecified atom stereocenters. The highest BCUT2D eigenvalue weighted by atomic mass is 35.5. The molecule has 0 aliphatic heterocycles. The lowest BCUT2D eigenvalue weighted by molar-refractivity contribution is 0.124. The minimum absolute atomic E-state index is 0.0861. The molecule has 0 saturated carbocycles. The lowest BCUT2D eigenvalue weighted by Gasteiger charge is -2.24. The molecular formula is C10H15ClOSi. The highest BCUT2D eigenvalue weighted by molar-refractivity contribution is 6.31. The SMILES string of the molecule is CC(C)(Cc1ccccc1Cl)O[SiH3]. The molecule has 0 radical (unpaired) electrons. The van der Waals surface area contributed by atoms with Gasteiger partial charge in [0.1, 0.15) is 10.5 Å². The Balaban J connectivity index is 2.80. The van der Waals surface area contributed by atoms with E-state index in [1.165, 1.54) is 0 Å². The molecule has 1 aromatic carbocycles. The summed E-state index contributed by atoms with van der Waals surface area (Å²) >= 11 is 6.04. The zero-order valence-corrected chi connectivity index (χ0v) is 11.1. The molecule has 0 spiro atoms. The first kappa shape index (κ1) is 10.8. The highest BCUT2D eigenvalue weighted by Crippen LogP contribution is 2.22. The van der Waals surface area contributed by atoms with Gasteiger partial charge in [0, 0.05) is 11.4 Å². The van der Waals surface area contributed by atoms with Gasteiger partial charge in [-0.05, 0) is 25.5 Å². The highest BCUT2D eigenvalue weighted by Gasteiger charge is 2.17. The second-order valence-electron chi connectivity index (χ2n) is 3.73. The second kappa shape index (κ2) is 4.27. The average molecular weight is 215 g/mol. The van der Waals surface area contributed by atoms with Gasteiger partial charge >= 0.3 is 0 Å². The molecule has 0 atom stereocenters. The summed E-state index contributed by atoms with van der Waals surface area (Å²) in [6.07, 6.45) is 0.871. The standard InChI is InChI=1S/C10H15ClOSi/c1-10(2,12-13)7-8-5-3-4-6-9(8)11/h3-6H,7H2,1-2,13H3. The van der Waals surface area contributed by atoms with E-state index < -0.39 is 0 Å². The van der Waals surface area contributed by atoms with Gasteiger partial charge < -0.3 is 4.43 Å². The van der Waals surface area contributed by atoms with E-state index in [2.05, 4.69) is 13.8 Å². The molecule has 13 heavy (non-hydrogen) atoms. The van der Waals surface area contributed by atoms with E-state index in [1.807, 2.05) is 24.3 Å². The maximum Gasteiger partial charge on any atom is 0.146 e. The van der Waals surface area contributed by atoms with Crippen molar-refractivity contribution in [2.24, 2.45) is 0 Å². The third kappa shape index (κ3) is 3.14. The molecule has 0 saturated heterocycles. The van der Waals surface area contributed by atoms with Gasteiger partial charge in [-0.3, -0.25) is 0 Å². The van der Waals surface area contributed by atoms with Crippen LogP contribution in [0.3, 0.4) is 0 Å². The van der Waals surface area contributed by atoms with Crippen LogP contribution in [0.1, 0.15) is 19.4 Å². The first-order valence-electron chi connectivity index (χ1n) is 4.34. The Morgan fingerprint density at radius 3 is 2.54 bits per heavy atom. The van der Waals surface area contributed by atoms with E-state index in [0.29, 0.717) is 0 Å². The minimum Gasteiger partial charge on any atom is -0.423 e. The van der Waals surface area contributed by atoms with Gasteiger partial charge in [0.05, 0.1) is 5.60 Å². The molecule has 0 N–H and O–H groups in total. The Morgan fingerprint density at radius 1 is 1.38 bits per heavy atom. The fraction of sp³-hybridized carbons (Fsp3) is 0.400. The number of halogens is 1. The van der Waals surface area contributed by atoms with Crippen LogP contribution in [0.4, 0.5) is 0 Å². The lowest BCUT2D eigenvalue weighted by atomic mass is 9.99. The largest absolute Gasteiger partial charge is 0.423 e. The van der Waals surface area contributed by atoms with Crippen LogP contribution in [0, 0.1) is 0 Å². The van der Waals surface area contributed by atoms with Gasteiger partial charge in [0.15, 0.2) is 0 Å². The topological polar surface area (TPSA) is 9.23 Å². The van der Waals surface area contributed by atoms with Gasteiger partial charge in [0.2, 0.25) is 0 Å². The molecule has 0 aliphatic carbocycles. The molecular weight excluding hydrogens is 200 g/mol. The average Bonchev–Trinajstić information content (AvgIpc) is 2.09. The number of hydrogen-bond donors (Lipinski definition) is 0. The van der Waals surface area contributed by atoms with Crippen LogP contribution in [0.2, 0.25) is 5.02 Å². The quantitative estimate of drug-likeness (QED) is 0.700. The second-order valence-corrected chi connectivity index (χ2v) is 4.55. The molecule has 0 amide bonds. The van der Waals surface area contributed by atoms with E-state index in [1.54, 1.807) is 0 Å². The van der Waals surface area contributed by atoms with Gasteiger partial charge in [-0.25, -0.2) is 0 Å². The van der Waals surface area contributed by atoms with Crippen molar-refractivity contribution in [2.75, 3.05) is 0 Å². The Hall–Kier alpha value is -0.313. The molecule has 1 aromatic rings. The zero-order chi connectivity index (χ0) is 9.90. The van der Waals surface area contributed by atoms with E-state index in [4.69, 9.17) is 16.0 Å². The molecule has 1 nitrogen and oxygen atoms in total. The maximum absolute atomic E-state index is 6.04. The van der Waals surface area contributed by atoms with Crippen LogP contribution in [0.25, 0.3) is 0 Å². The Labute approximate surface area is 87.6 Å². The zero-order valence-electron chi connectivity index (χ0n) is 8.30. The summed E-state index contributed by atoms with van der Waals surface area (Å²) in [5, 5.41) is 0.828. The van der Waals surface area contributed by atoms with Crippen molar-refractivity contribution in [3.8, 4) is 0 Å². The number of benzene rings is 1. The molecule has 0 aliphatic rings. The van der Waals surface area contributed by atoms with E-state index in [9.17, 15) is 0 Å². The van der Waals surface area contributed by atoms with E-state index in [-0.39, 0.29) is 5.60 Å². The summed E-state index contributed by atoms with van der Waals surface area (Å²) in [7, 11) is 0.763. The van der Waals surface area contributed by atoms with E-state index >= 15 is 0 Å². The molecule has 0 bridgehead atoms. The van der Waals surface area contributed by atoms with Crippen LogP contribution in [-0.2, 0) is 10.8 Å². The predicted octanol–water partition coefficient (Wildman–Crippen LogP) is 1.96. The summed E-state index contributed by atoms with van der Waals surface area (Å²) in [4.78, 5) is 0. The van der Waals surface area contributed by atoms with Crippen LogP contribution < -0.4 is 0 Å². The van der Waals surface area contributed by atoms with Crippen LogP contribution in [0.5, 0.6) is 0 Å².